The van der Waals surface area contributed by atoms with Crippen LogP contribution in [-0.4, -0.2) is 58.9 Å². The molecule has 1 saturated heterocycles. The Morgan fingerprint density at radius 1 is 1.36 bits per heavy atom. The van der Waals surface area contributed by atoms with Crippen LogP contribution in [0.2, 0.25) is 0 Å². The predicted molar refractivity (Wildman–Crippen MR) is 44.9 cm³/mol. The Morgan fingerprint density at radius 3 is 2.43 bits per heavy atom. The van der Waals surface area contributed by atoms with E-state index in [0.717, 1.165) is 0 Å². The maximum Gasteiger partial charge on any atom is 0.251 e. The molecule has 0 aromatic carbocycles. The van der Waals surface area contributed by atoms with Crippen LogP contribution in [0.5, 0.6) is 0 Å². The van der Waals surface area contributed by atoms with Crippen molar-refractivity contribution < 1.29 is 24.9 Å². The number of rotatable bonds is 1. The number of ether oxygens (including phenoxy) is 1. The number of hydrogen-bond acceptors (Lipinski definition) is 6. The van der Waals surface area contributed by atoms with Crippen molar-refractivity contribution in [3.63, 3.8) is 0 Å². The molecule has 0 radical (unpaired) electrons. The minimum absolute atomic E-state index is 0.598. The number of amides is 1. The molecule has 3 unspecified atom stereocenters. The third-order valence-corrected chi connectivity index (χ3v) is 2.18. The molecule has 1 aliphatic heterocycles. The zero-order valence-electron chi connectivity index (χ0n) is 7.62. The van der Waals surface area contributed by atoms with Gasteiger partial charge in [0, 0.05) is 7.05 Å². The van der Waals surface area contributed by atoms with E-state index in [1.807, 2.05) is 0 Å². The summed E-state index contributed by atoms with van der Waals surface area (Å²) in [5.74, 6) is -0.598. The van der Waals surface area contributed by atoms with E-state index in [-0.39, 0.29) is 0 Å². The van der Waals surface area contributed by atoms with E-state index in [1.165, 1.54) is 7.05 Å². The van der Waals surface area contributed by atoms with Gasteiger partial charge in [0.25, 0.3) is 5.91 Å². The van der Waals surface area contributed by atoms with Gasteiger partial charge in [-0.2, -0.15) is 0 Å². The topological polar surface area (TPSA) is 125 Å². The molecule has 0 aliphatic carbocycles. The molecular formula is C7H14N2O5. The fraction of sp³-hybridized carbons (Fsp3) is 0.857. The lowest BCUT2D eigenvalue weighted by atomic mass is 9.96. The molecule has 0 aromatic rings. The van der Waals surface area contributed by atoms with Gasteiger partial charge in [0.05, 0.1) is 6.04 Å². The molecular weight excluding hydrogens is 192 g/mol. The van der Waals surface area contributed by atoms with Crippen molar-refractivity contribution >= 4 is 5.91 Å². The average Bonchev–Trinajstić information content (AvgIpc) is 2.19. The van der Waals surface area contributed by atoms with Crippen molar-refractivity contribution in [3.05, 3.63) is 0 Å². The van der Waals surface area contributed by atoms with Gasteiger partial charge in [0.1, 0.15) is 12.2 Å². The average molecular weight is 206 g/mol. The van der Waals surface area contributed by atoms with Gasteiger partial charge >= 0.3 is 0 Å². The minimum Gasteiger partial charge on any atom is -0.388 e. The van der Waals surface area contributed by atoms with Crippen molar-refractivity contribution in [2.75, 3.05) is 7.05 Å². The number of aliphatic hydroxyl groups excluding tert-OH is 3. The molecule has 0 saturated carbocycles. The SMILES string of the molecule is CNC(=O)C1OC(O)C(O)[C@@H](N)[C@@H]1O. The number of hydrogen-bond donors (Lipinski definition) is 5. The molecule has 7 heteroatoms. The Kier molecular flexibility index (Phi) is 3.40. The summed E-state index contributed by atoms with van der Waals surface area (Å²) >= 11 is 0. The van der Waals surface area contributed by atoms with Crippen LogP contribution in [0.25, 0.3) is 0 Å². The fourth-order valence-corrected chi connectivity index (χ4v) is 1.26. The first-order chi connectivity index (χ1) is 6.49. The molecule has 1 fully saturated rings. The van der Waals surface area contributed by atoms with Crippen molar-refractivity contribution in [1.29, 1.82) is 0 Å². The van der Waals surface area contributed by atoms with Crippen LogP contribution in [0.1, 0.15) is 0 Å². The van der Waals surface area contributed by atoms with Crippen molar-refractivity contribution in [2.45, 2.75) is 30.6 Å². The molecule has 0 bridgehead atoms. The number of carbonyl (C=O) groups excluding carboxylic acids is 1. The number of likely N-dealkylation sites (N-methyl/N-ethyl adjacent to an activating group) is 1. The third-order valence-electron chi connectivity index (χ3n) is 2.18. The first-order valence-electron chi connectivity index (χ1n) is 4.16. The lowest BCUT2D eigenvalue weighted by molar-refractivity contribution is -0.247. The van der Waals surface area contributed by atoms with Crippen molar-refractivity contribution in [1.82, 2.24) is 5.32 Å². The molecule has 1 heterocycles. The molecule has 82 valence electrons. The van der Waals surface area contributed by atoms with E-state index in [1.54, 1.807) is 0 Å². The monoisotopic (exact) mass is 206 g/mol. The second-order valence-electron chi connectivity index (χ2n) is 3.12. The highest BCUT2D eigenvalue weighted by Crippen LogP contribution is 2.18. The van der Waals surface area contributed by atoms with Crippen molar-refractivity contribution in [3.8, 4) is 0 Å². The standard InChI is InChI=1S/C7H14N2O5/c1-9-6(12)5-3(10)2(8)4(11)7(13)14-5/h2-5,7,10-11,13H,8H2,1H3,(H,9,12)/t2-,3-,4?,5?,7?/m0/s1. The summed E-state index contributed by atoms with van der Waals surface area (Å²) in [7, 11) is 1.36. The van der Waals surface area contributed by atoms with Crippen LogP contribution < -0.4 is 11.1 Å². The Hall–Kier alpha value is -0.730. The Balaban J connectivity index is 2.75. The molecule has 0 aromatic heterocycles. The molecule has 7 nitrogen and oxygen atoms in total. The first-order valence-corrected chi connectivity index (χ1v) is 4.16. The number of carbonyl (C=O) groups is 1. The predicted octanol–water partition coefficient (Wildman–Crippen LogP) is -3.50. The summed E-state index contributed by atoms with van der Waals surface area (Å²) in [5.41, 5.74) is 5.38. The highest BCUT2D eigenvalue weighted by Gasteiger charge is 2.44. The number of aliphatic hydroxyl groups is 3. The van der Waals surface area contributed by atoms with Crippen LogP contribution in [0, 0.1) is 0 Å². The maximum atomic E-state index is 11.1. The Labute approximate surface area is 80.5 Å². The summed E-state index contributed by atoms with van der Waals surface area (Å²) in [5, 5.41) is 30.0. The van der Waals surface area contributed by atoms with Crippen LogP contribution >= 0.6 is 0 Å². The molecule has 1 rings (SSSR count). The van der Waals surface area contributed by atoms with E-state index in [2.05, 4.69) is 5.32 Å². The van der Waals surface area contributed by atoms with Gasteiger partial charge in [-0.15, -0.1) is 0 Å². The summed E-state index contributed by atoms with van der Waals surface area (Å²) in [6.07, 6.45) is -5.55. The van der Waals surface area contributed by atoms with E-state index in [0.29, 0.717) is 0 Å². The van der Waals surface area contributed by atoms with Gasteiger partial charge in [-0.25, -0.2) is 0 Å². The second kappa shape index (κ2) is 4.20. The van der Waals surface area contributed by atoms with Gasteiger partial charge in [-0.05, 0) is 0 Å². The largest absolute Gasteiger partial charge is 0.388 e. The first kappa shape index (κ1) is 11.3. The summed E-state index contributed by atoms with van der Waals surface area (Å²) in [4.78, 5) is 11.1. The summed E-state index contributed by atoms with van der Waals surface area (Å²) in [6, 6.07) is -1.11. The van der Waals surface area contributed by atoms with Gasteiger partial charge in [-0.1, -0.05) is 0 Å². The minimum atomic E-state index is -1.56. The molecule has 5 atom stereocenters. The van der Waals surface area contributed by atoms with Gasteiger partial charge < -0.3 is 31.1 Å². The Morgan fingerprint density at radius 2 is 1.93 bits per heavy atom. The second-order valence-corrected chi connectivity index (χ2v) is 3.12. The maximum absolute atomic E-state index is 11.1. The smallest absolute Gasteiger partial charge is 0.251 e. The van der Waals surface area contributed by atoms with Crippen LogP contribution in [0.3, 0.4) is 0 Å². The number of nitrogens with one attached hydrogen (secondary N) is 1. The fourth-order valence-electron chi connectivity index (χ4n) is 1.26. The molecule has 0 spiro atoms. The highest BCUT2D eigenvalue weighted by atomic mass is 16.6. The van der Waals surface area contributed by atoms with E-state index >= 15 is 0 Å². The highest BCUT2D eigenvalue weighted by molar-refractivity contribution is 5.81. The van der Waals surface area contributed by atoms with Crippen LogP contribution in [-0.2, 0) is 9.53 Å². The zero-order chi connectivity index (χ0) is 10.9. The van der Waals surface area contributed by atoms with Crippen LogP contribution in [0.15, 0.2) is 0 Å². The normalized spacial score (nSPS) is 43.4. The van der Waals surface area contributed by atoms with Gasteiger partial charge in [0.15, 0.2) is 12.4 Å². The zero-order valence-corrected chi connectivity index (χ0v) is 7.62. The lowest BCUT2D eigenvalue weighted by Crippen LogP contribution is -2.64. The quantitative estimate of drug-likeness (QED) is 0.303. The van der Waals surface area contributed by atoms with Gasteiger partial charge in [-0.3, -0.25) is 4.79 Å². The summed E-state index contributed by atoms with van der Waals surface area (Å²) < 4.78 is 4.70. The Bertz CT molecular complexity index is 224. The van der Waals surface area contributed by atoms with E-state index in [9.17, 15) is 15.0 Å². The van der Waals surface area contributed by atoms with Crippen LogP contribution in [0.4, 0.5) is 0 Å². The molecule has 1 amide bonds. The van der Waals surface area contributed by atoms with Crippen molar-refractivity contribution in [2.24, 2.45) is 5.73 Å². The van der Waals surface area contributed by atoms with E-state index in [4.69, 9.17) is 15.6 Å². The summed E-state index contributed by atoms with van der Waals surface area (Å²) in [6.45, 7) is 0. The molecule has 6 N–H and O–H groups in total. The third kappa shape index (κ3) is 1.86. The van der Waals surface area contributed by atoms with E-state index < -0.39 is 36.6 Å². The van der Waals surface area contributed by atoms with Gasteiger partial charge in [0.2, 0.25) is 0 Å². The number of nitrogens with two attached hydrogens (primary N) is 1. The lowest BCUT2D eigenvalue weighted by Gasteiger charge is -2.37. The molecule has 14 heavy (non-hydrogen) atoms. The molecule has 1 aliphatic rings.